The van der Waals surface area contributed by atoms with Gasteiger partial charge in [-0.2, -0.15) is 0 Å². The monoisotopic (exact) mass is 319 g/mol. The first-order chi connectivity index (χ1) is 10.9. The zero-order chi connectivity index (χ0) is 16.9. The highest BCUT2D eigenvalue weighted by Gasteiger charge is 2.31. The SMILES string of the molecule is CCC(C)CN1CCCC(O)(COc2ccc(C)c(C)c2)CC1. The lowest BCUT2D eigenvalue weighted by Gasteiger charge is -2.27. The van der Waals surface area contributed by atoms with Gasteiger partial charge in [0.15, 0.2) is 0 Å². The summed E-state index contributed by atoms with van der Waals surface area (Å²) in [6, 6.07) is 6.14. The van der Waals surface area contributed by atoms with Crippen molar-refractivity contribution < 1.29 is 9.84 Å². The Morgan fingerprint density at radius 1 is 1.22 bits per heavy atom. The topological polar surface area (TPSA) is 32.7 Å². The molecule has 0 aliphatic carbocycles. The van der Waals surface area contributed by atoms with Crippen molar-refractivity contribution in [2.75, 3.05) is 26.2 Å². The van der Waals surface area contributed by atoms with E-state index in [9.17, 15) is 5.11 Å². The summed E-state index contributed by atoms with van der Waals surface area (Å²) >= 11 is 0. The summed E-state index contributed by atoms with van der Waals surface area (Å²) in [5, 5.41) is 10.9. The van der Waals surface area contributed by atoms with Crippen LogP contribution in [0.25, 0.3) is 0 Å². The number of aryl methyl sites for hydroxylation is 2. The maximum Gasteiger partial charge on any atom is 0.119 e. The third-order valence-corrected chi connectivity index (χ3v) is 5.26. The third-order valence-electron chi connectivity index (χ3n) is 5.26. The van der Waals surface area contributed by atoms with Crippen molar-refractivity contribution in [3.8, 4) is 5.75 Å². The van der Waals surface area contributed by atoms with Crippen molar-refractivity contribution in [1.82, 2.24) is 4.90 Å². The van der Waals surface area contributed by atoms with Crippen molar-refractivity contribution in [3.05, 3.63) is 29.3 Å². The van der Waals surface area contributed by atoms with Crippen molar-refractivity contribution in [2.24, 2.45) is 5.92 Å². The molecule has 0 saturated carbocycles. The molecule has 1 aliphatic rings. The Bertz CT molecular complexity index is 502. The van der Waals surface area contributed by atoms with Crippen molar-refractivity contribution in [2.45, 2.75) is 59.0 Å². The molecule has 23 heavy (non-hydrogen) atoms. The quantitative estimate of drug-likeness (QED) is 0.862. The lowest BCUT2D eigenvalue weighted by atomic mass is 9.96. The van der Waals surface area contributed by atoms with Crippen LogP contribution in [-0.2, 0) is 0 Å². The van der Waals surface area contributed by atoms with E-state index in [1.54, 1.807) is 0 Å². The van der Waals surface area contributed by atoms with Gasteiger partial charge in [0.2, 0.25) is 0 Å². The molecule has 3 nitrogen and oxygen atoms in total. The number of hydrogen-bond donors (Lipinski definition) is 1. The average molecular weight is 319 g/mol. The molecule has 1 saturated heterocycles. The van der Waals surface area contributed by atoms with Crippen LogP contribution < -0.4 is 4.74 Å². The maximum absolute atomic E-state index is 10.9. The molecule has 1 aliphatic heterocycles. The summed E-state index contributed by atoms with van der Waals surface area (Å²) < 4.78 is 5.91. The summed E-state index contributed by atoms with van der Waals surface area (Å²) in [5.41, 5.74) is 1.81. The molecule has 1 aromatic rings. The Hall–Kier alpha value is -1.06. The van der Waals surface area contributed by atoms with Crippen LogP contribution in [-0.4, -0.2) is 41.8 Å². The molecule has 2 unspecified atom stereocenters. The fourth-order valence-corrected chi connectivity index (χ4v) is 3.15. The molecule has 130 valence electrons. The summed E-state index contributed by atoms with van der Waals surface area (Å²) in [6.07, 6.45) is 3.89. The van der Waals surface area contributed by atoms with Crippen LogP contribution in [0.5, 0.6) is 5.75 Å². The Kier molecular flexibility index (Phi) is 6.49. The highest BCUT2D eigenvalue weighted by molar-refractivity contribution is 5.33. The van der Waals surface area contributed by atoms with Crippen LogP contribution in [0.4, 0.5) is 0 Å². The van der Waals surface area contributed by atoms with Gasteiger partial charge >= 0.3 is 0 Å². The van der Waals surface area contributed by atoms with Crippen molar-refractivity contribution >= 4 is 0 Å². The first kappa shape index (κ1) is 18.3. The van der Waals surface area contributed by atoms with E-state index in [0.717, 1.165) is 50.6 Å². The van der Waals surface area contributed by atoms with Crippen LogP contribution in [0.1, 0.15) is 50.7 Å². The second-order valence-electron chi connectivity index (χ2n) is 7.43. The van der Waals surface area contributed by atoms with E-state index in [4.69, 9.17) is 4.74 Å². The molecule has 0 spiro atoms. The minimum absolute atomic E-state index is 0.396. The lowest BCUT2D eigenvalue weighted by Crippen LogP contribution is -2.37. The summed E-state index contributed by atoms with van der Waals surface area (Å²) in [5.74, 6) is 1.59. The van der Waals surface area contributed by atoms with Gasteiger partial charge in [0.25, 0.3) is 0 Å². The second kappa shape index (κ2) is 8.16. The molecule has 0 amide bonds. The Labute approximate surface area is 141 Å². The number of aliphatic hydroxyl groups is 1. The van der Waals surface area contributed by atoms with Crippen LogP contribution >= 0.6 is 0 Å². The molecule has 2 atom stereocenters. The lowest BCUT2D eigenvalue weighted by molar-refractivity contribution is -0.0169. The van der Waals surface area contributed by atoms with E-state index < -0.39 is 5.60 Å². The molecule has 2 rings (SSSR count). The van der Waals surface area contributed by atoms with Crippen LogP contribution in [0, 0.1) is 19.8 Å². The first-order valence-corrected chi connectivity index (χ1v) is 9.06. The molecule has 0 bridgehead atoms. The van der Waals surface area contributed by atoms with Gasteiger partial charge in [-0.1, -0.05) is 26.3 Å². The van der Waals surface area contributed by atoms with E-state index in [1.165, 1.54) is 17.5 Å². The number of likely N-dealkylation sites (tertiary alicyclic amines) is 1. The van der Waals surface area contributed by atoms with Gasteiger partial charge in [0.05, 0.1) is 5.60 Å². The van der Waals surface area contributed by atoms with Gasteiger partial charge in [-0.25, -0.2) is 0 Å². The molecule has 0 aromatic heterocycles. The predicted octanol–water partition coefficient (Wildman–Crippen LogP) is 3.95. The largest absolute Gasteiger partial charge is 0.491 e. The molecular formula is C20H33NO2. The predicted molar refractivity (Wildman–Crippen MR) is 96.1 cm³/mol. The number of nitrogens with zero attached hydrogens (tertiary/aromatic N) is 1. The molecule has 1 N–H and O–H groups in total. The maximum atomic E-state index is 10.9. The fraction of sp³-hybridized carbons (Fsp3) is 0.700. The minimum atomic E-state index is -0.691. The number of benzene rings is 1. The number of hydrogen-bond acceptors (Lipinski definition) is 3. The minimum Gasteiger partial charge on any atom is -0.491 e. The van der Waals surface area contributed by atoms with E-state index in [1.807, 2.05) is 6.07 Å². The number of rotatable bonds is 6. The van der Waals surface area contributed by atoms with Gasteiger partial charge < -0.3 is 14.7 Å². The van der Waals surface area contributed by atoms with Gasteiger partial charge in [0.1, 0.15) is 12.4 Å². The van der Waals surface area contributed by atoms with Gasteiger partial charge in [-0.15, -0.1) is 0 Å². The highest BCUT2D eigenvalue weighted by atomic mass is 16.5. The van der Waals surface area contributed by atoms with Gasteiger partial charge in [-0.3, -0.25) is 0 Å². The van der Waals surface area contributed by atoms with Crippen LogP contribution in [0.2, 0.25) is 0 Å². The van der Waals surface area contributed by atoms with Gasteiger partial charge in [0, 0.05) is 13.1 Å². The molecule has 0 radical (unpaired) electrons. The molecule has 1 fully saturated rings. The first-order valence-electron chi connectivity index (χ1n) is 9.06. The fourth-order valence-electron chi connectivity index (χ4n) is 3.15. The highest BCUT2D eigenvalue weighted by Crippen LogP contribution is 2.25. The van der Waals surface area contributed by atoms with Crippen LogP contribution in [0.15, 0.2) is 18.2 Å². The van der Waals surface area contributed by atoms with E-state index in [2.05, 4.69) is 44.7 Å². The Morgan fingerprint density at radius 2 is 2.00 bits per heavy atom. The van der Waals surface area contributed by atoms with Crippen LogP contribution in [0.3, 0.4) is 0 Å². The van der Waals surface area contributed by atoms with E-state index in [0.29, 0.717) is 6.61 Å². The molecule has 1 heterocycles. The van der Waals surface area contributed by atoms with E-state index >= 15 is 0 Å². The van der Waals surface area contributed by atoms with Crippen molar-refractivity contribution in [3.63, 3.8) is 0 Å². The second-order valence-corrected chi connectivity index (χ2v) is 7.43. The Balaban J connectivity index is 1.87. The normalized spacial score (nSPS) is 24.2. The smallest absolute Gasteiger partial charge is 0.119 e. The zero-order valence-electron chi connectivity index (χ0n) is 15.3. The standard InChI is InChI=1S/C20H33NO2/c1-5-16(2)14-21-11-6-9-20(22,10-12-21)15-23-19-8-7-17(3)18(4)13-19/h7-8,13,16,22H,5-6,9-12,14-15H2,1-4H3. The zero-order valence-corrected chi connectivity index (χ0v) is 15.3. The average Bonchev–Trinajstić information content (AvgIpc) is 2.71. The molecular weight excluding hydrogens is 286 g/mol. The van der Waals surface area contributed by atoms with E-state index in [-0.39, 0.29) is 0 Å². The van der Waals surface area contributed by atoms with Crippen molar-refractivity contribution in [1.29, 1.82) is 0 Å². The summed E-state index contributed by atoms with van der Waals surface area (Å²) in [7, 11) is 0. The molecule has 3 heteroatoms. The third kappa shape index (κ3) is 5.50. The molecule has 1 aromatic carbocycles. The van der Waals surface area contributed by atoms with Gasteiger partial charge in [-0.05, 0) is 68.8 Å². The summed E-state index contributed by atoms with van der Waals surface area (Å²) in [4.78, 5) is 2.50. The Morgan fingerprint density at radius 3 is 2.70 bits per heavy atom. The number of ether oxygens (including phenoxy) is 1. The summed E-state index contributed by atoms with van der Waals surface area (Å²) in [6.45, 7) is 12.3.